The smallest absolute Gasteiger partial charge is 0.348 e. The number of amides is 1. The number of carboxylic acid groups (broad SMARTS) is 1. The number of thiophene rings is 1. The summed E-state index contributed by atoms with van der Waals surface area (Å²) in [6, 6.07) is 6.17. The Bertz CT molecular complexity index is 1090. The highest BCUT2D eigenvalue weighted by Gasteiger charge is 2.41. The van der Waals surface area contributed by atoms with Crippen LogP contribution in [0.15, 0.2) is 35.7 Å². The summed E-state index contributed by atoms with van der Waals surface area (Å²) in [6.07, 6.45) is 0.141. The van der Waals surface area contributed by atoms with Gasteiger partial charge in [-0.3, -0.25) is 24.5 Å². The number of rotatable bonds is 9. The van der Waals surface area contributed by atoms with Crippen molar-refractivity contribution in [2.75, 3.05) is 11.9 Å². The second-order valence-corrected chi connectivity index (χ2v) is 8.62. The molecule has 0 saturated carbocycles. The zero-order valence-electron chi connectivity index (χ0n) is 16.9. The van der Waals surface area contributed by atoms with Crippen molar-refractivity contribution in [2.24, 2.45) is 11.8 Å². The van der Waals surface area contributed by atoms with Crippen LogP contribution in [0.5, 0.6) is 0 Å². The molecule has 2 heterocycles. The zero-order valence-corrected chi connectivity index (χ0v) is 18.6. The maximum absolute atomic E-state index is 12.6. The van der Waals surface area contributed by atoms with Crippen LogP contribution >= 0.6 is 24.0 Å². The van der Waals surface area contributed by atoms with Crippen LogP contribution in [-0.2, 0) is 25.7 Å². The van der Waals surface area contributed by atoms with E-state index in [4.69, 9.17) is 9.84 Å². The average molecular weight is 494 g/mol. The van der Waals surface area contributed by atoms with Gasteiger partial charge in [-0.25, -0.2) is 4.79 Å². The van der Waals surface area contributed by atoms with Gasteiger partial charge in [0.25, 0.3) is 5.69 Å². The maximum Gasteiger partial charge on any atom is 0.348 e. The number of hydrogen-bond acceptors (Lipinski definition) is 9. The first kappa shape index (κ1) is 24.4. The highest BCUT2D eigenvalue weighted by Crippen LogP contribution is 2.28. The molecule has 13 heteroatoms. The third-order valence-corrected chi connectivity index (χ3v) is 6.30. The predicted octanol–water partition coefficient (Wildman–Crippen LogP) is 2.09. The molecule has 11 nitrogen and oxygen atoms in total. The van der Waals surface area contributed by atoms with Crippen molar-refractivity contribution < 1.29 is 33.9 Å². The lowest BCUT2D eigenvalue weighted by atomic mass is 9.90. The Morgan fingerprint density at radius 1 is 1.27 bits per heavy atom. The summed E-state index contributed by atoms with van der Waals surface area (Å²) >= 11 is 4.78. The fraction of sp³-hybridized carbons (Fsp3) is 0.300. The van der Waals surface area contributed by atoms with Crippen molar-refractivity contribution >= 4 is 58.3 Å². The van der Waals surface area contributed by atoms with E-state index in [9.17, 15) is 29.3 Å². The first-order valence-electron chi connectivity index (χ1n) is 9.65. The molecule has 1 unspecified atom stereocenters. The van der Waals surface area contributed by atoms with Crippen LogP contribution in [-0.4, -0.2) is 45.6 Å². The van der Waals surface area contributed by atoms with E-state index < -0.39 is 45.8 Å². The number of hydrogen-bond donors (Lipinski definition) is 4. The van der Waals surface area contributed by atoms with Gasteiger partial charge in [-0.1, -0.05) is 0 Å². The van der Waals surface area contributed by atoms with Crippen molar-refractivity contribution in [3.8, 4) is 0 Å². The normalized spacial score (nSPS) is 18.3. The first-order chi connectivity index (χ1) is 15.7. The number of non-ortho nitro benzene ring substituents is 1. The molecule has 1 fully saturated rings. The fourth-order valence-electron chi connectivity index (χ4n) is 3.46. The van der Waals surface area contributed by atoms with Crippen LogP contribution in [0.2, 0.25) is 0 Å². The van der Waals surface area contributed by atoms with Gasteiger partial charge in [0.05, 0.1) is 16.7 Å². The number of carbonyl (C=O) groups excluding carboxylic acids is 3. The summed E-state index contributed by atoms with van der Waals surface area (Å²) in [4.78, 5) is 58.5. The number of benzene rings is 1. The van der Waals surface area contributed by atoms with Crippen LogP contribution in [0.25, 0.3) is 0 Å². The molecule has 3 atom stereocenters. The second kappa shape index (κ2) is 10.6. The van der Waals surface area contributed by atoms with Crippen LogP contribution in [0.3, 0.4) is 0 Å². The Morgan fingerprint density at radius 3 is 2.58 bits per heavy atom. The summed E-state index contributed by atoms with van der Waals surface area (Å²) < 4.78 is 5.22. The lowest BCUT2D eigenvalue weighted by molar-refractivity contribution is -0.384. The summed E-state index contributed by atoms with van der Waals surface area (Å²) in [5.41, 5.74) is 0.575. The third-order valence-electron chi connectivity index (χ3n) is 5.12. The van der Waals surface area contributed by atoms with Crippen LogP contribution < -0.4 is 10.6 Å². The molecule has 0 bridgehead atoms. The Labute approximate surface area is 196 Å². The predicted molar refractivity (Wildman–Crippen MR) is 120 cm³/mol. The fourth-order valence-corrected chi connectivity index (χ4v) is 4.47. The highest BCUT2D eigenvalue weighted by molar-refractivity contribution is 7.96. The Hall–Kier alpha value is -3.29. The van der Waals surface area contributed by atoms with E-state index in [1.54, 1.807) is 5.38 Å². The van der Waals surface area contributed by atoms with Gasteiger partial charge in [-0.15, -0.1) is 24.0 Å². The summed E-state index contributed by atoms with van der Waals surface area (Å²) in [7, 11) is 0. The largest absolute Gasteiger partial charge is 0.477 e. The van der Waals surface area contributed by atoms with Crippen LogP contribution in [0.1, 0.15) is 21.7 Å². The van der Waals surface area contributed by atoms with Crippen molar-refractivity contribution in [3.63, 3.8) is 0 Å². The third kappa shape index (κ3) is 5.94. The van der Waals surface area contributed by atoms with Crippen LogP contribution in [0, 0.1) is 22.0 Å². The second-order valence-electron chi connectivity index (χ2n) is 7.26. The molecule has 33 heavy (non-hydrogen) atoms. The molecule has 1 aliphatic rings. The number of nitrogens with one attached hydrogen (secondary N) is 2. The quantitative estimate of drug-likeness (QED) is 0.135. The number of nitro groups is 1. The van der Waals surface area contributed by atoms with Gasteiger partial charge in [0, 0.05) is 18.7 Å². The standard InChI is InChI=1S/C20H19N3O8S2/c24-17(22-13-5-6-33-16(13)18(25)26)14-7-11(8-21-14)15(20(28)32)19(27)31-9-10-1-3-12(4-2-10)23(29)30/h1-6,11,14-15,21H,7-9H2,(H,22,24)(H,25,26)(H,28,32)/t11-,14+,15?/m1/s1. The Kier molecular flexibility index (Phi) is 7.79. The number of ether oxygens (including phenoxy) is 1. The molecule has 1 aromatic carbocycles. The summed E-state index contributed by atoms with van der Waals surface area (Å²) in [5.74, 6) is -4.23. The van der Waals surface area contributed by atoms with E-state index in [0.29, 0.717) is 5.56 Å². The van der Waals surface area contributed by atoms with Gasteiger partial charge in [0.1, 0.15) is 17.4 Å². The van der Waals surface area contributed by atoms with Gasteiger partial charge in [0.2, 0.25) is 5.91 Å². The maximum atomic E-state index is 12.6. The van der Waals surface area contributed by atoms with Crippen molar-refractivity contribution in [3.05, 3.63) is 56.3 Å². The minimum Gasteiger partial charge on any atom is -0.477 e. The van der Waals surface area contributed by atoms with Crippen LogP contribution in [0.4, 0.5) is 11.4 Å². The number of anilines is 1. The molecule has 174 valence electrons. The molecule has 2 aromatic rings. The number of nitro benzene ring substituents is 1. The van der Waals surface area contributed by atoms with Gasteiger partial charge >= 0.3 is 11.9 Å². The highest BCUT2D eigenvalue weighted by atomic mass is 32.1. The number of carbonyl (C=O) groups is 4. The lowest BCUT2D eigenvalue weighted by Gasteiger charge is -2.18. The van der Waals surface area contributed by atoms with E-state index in [1.807, 2.05) is 0 Å². The molecule has 3 rings (SSSR count). The van der Waals surface area contributed by atoms with E-state index >= 15 is 0 Å². The molecule has 0 radical (unpaired) electrons. The number of thiol groups is 1. The minimum atomic E-state index is -1.22. The molecule has 3 N–H and O–H groups in total. The number of aromatic carboxylic acids is 1. The molecule has 1 amide bonds. The van der Waals surface area contributed by atoms with Gasteiger partial charge in [0.15, 0.2) is 5.12 Å². The topological polar surface area (TPSA) is 165 Å². The zero-order chi connectivity index (χ0) is 24.1. The Morgan fingerprint density at radius 2 is 1.97 bits per heavy atom. The monoisotopic (exact) mass is 493 g/mol. The molecule has 1 saturated heterocycles. The Balaban J connectivity index is 1.59. The van der Waals surface area contributed by atoms with E-state index in [1.165, 1.54) is 30.3 Å². The van der Waals surface area contributed by atoms with Crippen molar-refractivity contribution in [1.82, 2.24) is 5.32 Å². The van der Waals surface area contributed by atoms with Gasteiger partial charge in [-0.05, 0) is 41.5 Å². The van der Waals surface area contributed by atoms with E-state index in [0.717, 1.165) is 11.3 Å². The average Bonchev–Trinajstić information content (AvgIpc) is 3.42. The summed E-state index contributed by atoms with van der Waals surface area (Å²) in [5, 5.41) is 26.2. The molecule has 0 spiro atoms. The molecule has 1 aromatic heterocycles. The molecular formula is C20H19N3O8S2. The number of carboxylic acids is 1. The van der Waals surface area contributed by atoms with Crippen molar-refractivity contribution in [1.29, 1.82) is 0 Å². The number of nitrogens with zero attached hydrogens (tertiary/aromatic N) is 1. The first-order valence-corrected chi connectivity index (χ1v) is 11.0. The summed E-state index contributed by atoms with van der Waals surface area (Å²) in [6.45, 7) is -0.00825. The van der Waals surface area contributed by atoms with Gasteiger partial charge in [-0.2, -0.15) is 0 Å². The lowest BCUT2D eigenvalue weighted by Crippen LogP contribution is -2.35. The number of esters is 1. The molecule has 1 aliphatic heterocycles. The van der Waals surface area contributed by atoms with E-state index in [2.05, 4.69) is 23.3 Å². The SMILES string of the molecule is O=C(O)c1sccc1NC(=O)[C@@H]1C[C@@H](C(C(=O)S)C(=O)OCc2ccc([N+](=O)[O-])cc2)CN1. The van der Waals surface area contributed by atoms with Gasteiger partial charge < -0.3 is 20.5 Å². The van der Waals surface area contributed by atoms with Crippen molar-refractivity contribution in [2.45, 2.75) is 19.1 Å². The van der Waals surface area contributed by atoms with E-state index in [-0.39, 0.29) is 35.8 Å². The molecular weight excluding hydrogens is 474 g/mol. The molecule has 0 aliphatic carbocycles. The minimum absolute atomic E-state index is 0.00358.